The first kappa shape index (κ1) is 32.4. The van der Waals surface area contributed by atoms with Crippen molar-refractivity contribution < 1.29 is 4.74 Å². The Morgan fingerprint density at radius 1 is 0.571 bits per heavy atom. The van der Waals surface area contributed by atoms with Crippen molar-refractivity contribution in [3.05, 3.63) is 239 Å². The molecule has 1 spiro atoms. The molecule has 0 atom stereocenters. The third-order valence-electron chi connectivity index (χ3n) is 12.2. The van der Waals surface area contributed by atoms with E-state index in [9.17, 15) is 0 Å². The number of hydrogen-bond acceptors (Lipinski definition) is 2. The summed E-state index contributed by atoms with van der Waals surface area (Å²) in [5.41, 5.74) is 17.8. The number of rotatable bonds is 5. The zero-order valence-electron chi connectivity index (χ0n) is 31.1. The Kier molecular flexibility index (Phi) is 7.24. The molecule has 0 amide bonds. The molecule has 0 N–H and O–H groups in total. The second kappa shape index (κ2) is 12.5. The average Bonchev–Trinajstić information content (AvgIpc) is 3.77. The second-order valence-electron chi connectivity index (χ2n) is 15.0. The minimum atomic E-state index is -0.570. The van der Waals surface area contributed by atoms with Gasteiger partial charge < -0.3 is 4.74 Å². The average molecular weight is 716 g/mol. The van der Waals surface area contributed by atoms with Gasteiger partial charge in [0.15, 0.2) is 0 Å². The number of ether oxygens (including phenoxy) is 1. The van der Waals surface area contributed by atoms with Crippen LogP contribution in [-0.4, -0.2) is 5.71 Å². The summed E-state index contributed by atoms with van der Waals surface area (Å²) in [4.78, 5) is 5.62. The highest BCUT2D eigenvalue weighted by Gasteiger charge is 2.51. The highest BCUT2D eigenvalue weighted by molar-refractivity contribution is 6.13. The number of fused-ring (bicyclic) bond motifs is 13. The van der Waals surface area contributed by atoms with Crippen molar-refractivity contribution in [1.29, 1.82) is 0 Å². The molecule has 2 heteroatoms. The van der Waals surface area contributed by atoms with E-state index in [1.807, 2.05) is 6.08 Å². The van der Waals surface area contributed by atoms with Gasteiger partial charge in [0.25, 0.3) is 0 Å². The topological polar surface area (TPSA) is 21.6 Å². The maximum atomic E-state index is 7.13. The summed E-state index contributed by atoms with van der Waals surface area (Å²) in [7, 11) is 0. The third-order valence-corrected chi connectivity index (χ3v) is 12.2. The number of nitrogens with zero attached hydrogens (tertiary/aromatic N) is 1. The molecule has 8 aromatic carbocycles. The molecular formula is C54H37NO. The molecule has 11 rings (SSSR count). The van der Waals surface area contributed by atoms with Gasteiger partial charge in [-0.3, -0.25) is 4.99 Å². The second-order valence-corrected chi connectivity index (χ2v) is 15.0. The van der Waals surface area contributed by atoms with Crippen molar-refractivity contribution in [3.63, 3.8) is 0 Å². The van der Waals surface area contributed by atoms with Gasteiger partial charge in [0.2, 0.25) is 0 Å². The molecule has 2 aliphatic carbocycles. The Morgan fingerprint density at radius 3 is 1.98 bits per heavy atom. The van der Waals surface area contributed by atoms with Crippen LogP contribution in [0.1, 0.15) is 57.0 Å². The van der Waals surface area contributed by atoms with Crippen molar-refractivity contribution in [2.45, 2.75) is 18.8 Å². The fourth-order valence-corrected chi connectivity index (χ4v) is 9.74. The third kappa shape index (κ3) is 4.60. The van der Waals surface area contributed by atoms with Gasteiger partial charge in [0.05, 0.1) is 11.1 Å². The molecule has 8 aromatic rings. The number of benzene rings is 8. The quantitative estimate of drug-likeness (QED) is 0.0988. The number of allylic oxidation sites excluding steroid dienone is 2. The van der Waals surface area contributed by atoms with Gasteiger partial charge in [0, 0.05) is 39.1 Å². The molecule has 0 aromatic heterocycles. The van der Waals surface area contributed by atoms with E-state index in [0.717, 1.165) is 62.7 Å². The van der Waals surface area contributed by atoms with Crippen LogP contribution >= 0.6 is 0 Å². The zero-order chi connectivity index (χ0) is 37.4. The van der Waals surface area contributed by atoms with Crippen LogP contribution in [0.2, 0.25) is 0 Å². The Morgan fingerprint density at radius 2 is 1.18 bits per heavy atom. The lowest BCUT2D eigenvalue weighted by Crippen LogP contribution is -2.32. The Bertz CT molecular complexity index is 2960. The van der Waals surface area contributed by atoms with Gasteiger partial charge >= 0.3 is 0 Å². The predicted molar refractivity (Wildman–Crippen MR) is 232 cm³/mol. The van der Waals surface area contributed by atoms with Crippen LogP contribution < -0.4 is 4.74 Å². The molecule has 0 saturated carbocycles. The monoisotopic (exact) mass is 715 g/mol. The van der Waals surface area contributed by atoms with E-state index in [1.165, 1.54) is 55.3 Å². The summed E-state index contributed by atoms with van der Waals surface area (Å²) in [6.07, 6.45) is 2.90. The zero-order valence-corrected chi connectivity index (χ0v) is 31.1. The molecule has 2 nitrogen and oxygen atoms in total. The highest BCUT2D eigenvalue weighted by atomic mass is 16.5. The van der Waals surface area contributed by atoms with Crippen LogP contribution in [0.3, 0.4) is 0 Å². The van der Waals surface area contributed by atoms with E-state index in [4.69, 9.17) is 9.73 Å². The SMILES string of the molecule is C=C/C(=C(\N=C(/C)c1cccc2ccccc12)c1ccc2c(c1)-c1ccccc1C2)c1cccc2c1Oc1ccccc1C21c2ccccc2-c2ccccc21. The summed E-state index contributed by atoms with van der Waals surface area (Å²) >= 11 is 0. The Balaban J connectivity index is 1.21. The Hall–Kier alpha value is -7.03. The van der Waals surface area contributed by atoms with E-state index in [1.54, 1.807) is 0 Å². The van der Waals surface area contributed by atoms with Crippen molar-refractivity contribution in [2.24, 2.45) is 4.99 Å². The fourth-order valence-electron chi connectivity index (χ4n) is 9.74. The first-order valence-corrected chi connectivity index (χ1v) is 19.4. The fraction of sp³-hybridized carbons (Fsp3) is 0.0556. The van der Waals surface area contributed by atoms with E-state index in [0.29, 0.717) is 0 Å². The summed E-state index contributed by atoms with van der Waals surface area (Å²) in [6.45, 7) is 6.62. The standard InChI is InChI=1S/C54H37NO/c1-3-39(45-24-15-28-50-53(45)56-51-29-13-12-27-49(51)54(50)47-25-10-8-21-43(47)44-22-9-11-26-48(44)54)52(55-34(2)40-23-14-18-35-16-4-6-19-41(35)40)38-31-30-37-32-36-17-5-7-20-42(36)46(37)33-38/h3-31,33H,1,32H2,2H3/b52-39+,55-34+. The summed E-state index contributed by atoms with van der Waals surface area (Å²) in [5.74, 6) is 1.68. The van der Waals surface area contributed by atoms with Crippen molar-refractivity contribution in [3.8, 4) is 33.8 Å². The van der Waals surface area contributed by atoms with Gasteiger partial charge in [-0.2, -0.15) is 0 Å². The number of para-hydroxylation sites is 2. The van der Waals surface area contributed by atoms with Crippen molar-refractivity contribution in [2.75, 3.05) is 0 Å². The van der Waals surface area contributed by atoms with Gasteiger partial charge in [-0.05, 0) is 80.8 Å². The summed E-state index contributed by atoms with van der Waals surface area (Å²) < 4.78 is 7.13. The maximum Gasteiger partial charge on any atom is 0.140 e. The molecule has 56 heavy (non-hydrogen) atoms. The van der Waals surface area contributed by atoms with Crippen LogP contribution in [0.4, 0.5) is 0 Å². The van der Waals surface area contributed by atoms with Crippen LogP contribution in [0, 0.1) is 0 Å². The van der Waals surface area contributed by atoms with E-state index >= 15 is 0 Å². The molecule has 264 valence electrons. The van der Waals surface area contributed by atoms with Crippen LogP contribution in [0.15, 0.2) is 194 Å². The minimum absolute atomic E-state index is 0.570. The van der Waals surface area contributed by atoms with Gasteiger partial charge in [-0.1, -0.05) is 176 Å². The first-order valence-electron chi connectivity index (χ1n) is 19.4. The van der Waals surface area contributed by atoms with Crippen LogP contribution in [0.25, 0.3) is 44.3 Å². The van der Waals surface area contributed by atoms with E-state index < -0.39 is 5.41 Å². The largest absolute Gasteiger partial charge is 0.456 e. The predicted octanol–water partition coefficient (Wildman–Crippen LogP) is 13.4. The van der Waals surface area contributed by atoms with Gasteiger partial charge in [-0.15, -0.1) is 0 Å². The Labute approximate surface area is 327 Å². The van der Waals surface area contributed by atoms with Crippen LogP contribution in [0.5, 0.6) is 11.5 Å². The molecule has 0 fully saturated rings. The molecule has 3 aliphatic rings. The van der Waals surface area contributed by atoms with Crippen LogP contribution in [-0.2, 0) is 11.8 Å². The molecule has 1 heterocycles. The molecule has 0 radical (unpaired) electrons. The molecule has 0 saturated heterocycles. The van der Waals surface area contributed by atoms with Crippen molar-refractivity contribution >= 4 is 27.8 Å². The van der Waals surface area contributed by atoms with Gasteiger partial charge in [0.1, 0.15) is 11.5 Å². The summed E-state index contributed by atoms with van der Waals surface area (Å²) in [5, 5.41) is 2.37. The van der Waals surface area contributed by atoms with Crippen molar-refractivity contribution in [1.82, 2.24) is 0 Å². The lowest BCUT2D eigenvalue weighted by atomic mass is 9.65. The van der Waals surface area contributed by atoms with E-state index in [2.05, 4.69) is 189 Å². The molecule has 0 bridgehead atoms. The maximum absolute atomic E-state index is 7.13. The highest BCUT2D eigenvalue weighted by Crippen LogP contribution is 2.63. The van der Waals surface area contributed by atoms with Gasteiger partial charge in [-0.25, -0.2) is 0 Å². The lowest BCUT2D eigenvalue weighted by molar-refractivity contribution is 0.435. The minimum Gasteiger partial charge on any atom is -0.456 e. The summed E-state index contributed by atoms with van der Waals surface area (Å²) in [6, 6.07) is 63.5. The number of hydrogen-bond donors (Lipinski definition) is 0. The lowest BCUT2D eigenvalue weighted by Gasteiger charge is -2.40. The first-order chi connectivity index (χ1) is 27.6. The normalized spacial score (nSPS) is 14.5. The molecule has 0 unspecified atom stereocenters. The van der Waals surface area contributed by atoms with E-state index in [-0.39, 0.29) is 0 Å². The molecule has 1 aliphatic heterocycles. The smallest absolute Gasteiger partial charge is 0.140 e. The molecular weight excluding hydrogens is 679 g/mol. The number of aliphatic imine (C=N–C) groups is 1.